The monoisotopic (exact) mass is 486 g/mol. The smallest absolute Gasteiger partial charge is 0.352 e. The van der Waals surface area contributed by atoms with Crippen molar-refractivity contribution in [2.75, 3.05) is 18.1 Å². The highest BCUT2D eigenvalue weighted by Gasteiger charge is 2.31. The van der Waals surface area contributed by atoms with E-state index >= 15 is 0 Å². The van der Waals surface area contributed by atoms with Gasteiger partial charge in [0.2, 0.25) is 0 Å². The van der Waals surface area contributed by atoms with Gasteiger partial charge >= 0.3 is 6.18 Å². The Morgan fingerprint density at radius 3 is 2.59 bits per heavy atom. The Balaban J connectivity index is 1.60. The van der Waals surface area contributed by atoms with E-state index in [0.717, 1.165) is 42.8 Å². The van der Waals surface area contributed by atoms with Crippen molar-refractivity contribution in [3.8, 4) is 0 Å². The summed E-state index contributed by atoms with van der Waals surface area (Å²) in [5.74, 6) is -0.109. The first-order chi connectivity index (χ1) is 15.2. The van der Waals surface area contributed by atoms with Gasteiger partial charge < -0.3 is 5.32 Å². The normalized spacial score (nSPS) is 15.5. The molecule has 0 saturated heterocycles. The summed E-state index contributed by atoms with van der Waals surface area (Å²) in [4.78, 5) is 16.4. The first-order valence-electron chi connectivity index (χ1n) is 10.4. The van der Waals surface area contributed by atoms with Gasteiger partial charge in [-0.1, -0.05) is 25.3 Å². The van der Waals surface area contributed by atoms with E-state index in [9.17, 15) is 26.4 Å². The van der Waals surface area contributed by atoms with Crippen LogP contribution in [-0.4, -0.2) is 37.4 Å². The minimum atomic E-state index is -4.62. The van der Waals surface area contributed by atoms with Crippen molar-refractivity contribution in [2.24, 2.45) is 5.92 Å². The average Bonchev–Trinajstić information content (AvgIpc) is 2.78. The van der Waals surface area contributed by atoms with Gasteiger partial charge in [0.25, 0.3) is 5.91 Å². The van der Waals surface area contributed by atoms with Crippen LogP contribution in [0.5, 0.6) is 0 Å². The Kier molecular flexibility index (Phi) is 8.21. The van der Waals surface area contributed by atoms with Crippen LogP contribution < -0.4 is 5.32 Å². The zero-order valence-electron chi connectivity index (χ0n) is 17.4. The number of carbonyl (C=O) groups is 1. The Morgan fingerprint density at radius 1 is 1.12 bits per heavy atom. The van der Waals surface area contributed by atoms with Gasteiger partial charge in [-0.05, 0) is 49.1 Å². The van der Waals surface area contributed by atoms with Crippen molar-refractivity contribution < 1.29 is 26.4 Å². The van der Waals surface area contributed by atoms with Gasteiger partial charge in [0, 0.05) is 18.5 Å². The third-order valence-electron chi connectivity index (χ3n) is 5.40. The van der Waals surface area contributed by atoms with Gasteiger partial charge in [0.15, 0.2) is 9.84 Å². The average molecular weight is 487 g/mol. The number of benzene rings is 1. The van der Waals surface area contributed by atoms with Crippen molar-refractivity contribution in [2.45, 2.75) is 48.2 Å². The van der Waals surface area contributed by atoms with Crippen LogP contribution in [0.25, 0.3) is 0 Å². The highest BCUT2D eigenvalue weighted by molar-refractivity contribution is 8.00. The zero-order chi connectivity index (χ0) is 23.2. The van der Waals surface area contributed by atoms with Gasteiger partial charge in [-0.25, -0.2) is 13.4 Å². The second-order valence-electron chi connectivity index (χ2n) is 7.76. The van der Waals surface area contributed by atoms with Crippen molar-refractivity contribution >= 4 is 27.5 Å². The predicted octanol–water partition coefficient (Wildman–Crippen LogP) is 4.98. The first-order valence-corrected chi connectivity index (χ1v) is 13.1. The number of nitrogens with zero attached hydrogens (tertiary/aromatic N) is 1. The number of thioether (sulfide) groups is 1. The molecule has 1 aliphatic carbocycles. The van der Waals surface area contributed by atoms with Crippen molar-refractivity contribution in [3.05, 3.63) is 53.7 Å². The topological polar surface area (TPSA) is 76.1 Å². The number of nitrogens with one attached hydrogen (secondary N) is 1. The molecule has 1 amide bonds. The summed E-state index contributed by atoms with van der Waals surface area (Å²) in [5.41, 5.74) is -0.641. The summed E-state index contributed by atoms with van der Waals surface area (Å²) >= 11 is 1.09. The maximum absolute atomic E-state index is 12.9. The molecule has 2 aromatic rings. The minimum absolute atomic E-state index is 0.0541. The molecule has 0 atom stereocenters. The van der Waals surface area contributed by atoms with Crippen LogP contribution >= 0.6 is 11.8 Å². The summed E-state index contributed by atoms with van der Waals surface area (Å²) in [7, 11) is -3.92. The summed E-state index contributed by atoms with van der Waals surface area (Å²) in [6.45, 7) is 0.599. The molecule has 0 bridgehead atoms. The maximum atomic E-state index is 12.9. The molecule has 0 unspecified atom stereocenters. The molecule has 1 aromatic carbocycles. The van der Waals surface area contributed by atoms with E-state index in [-0.39, 0.29) is 22.3 Å². The third-order valence-corrected chi connectivity index (χ3v) is 8.38. The Morgan fingerprint density at radius 2 is 1.88 bits per heavy atom. The lowest BCUT2D eigenvalue weighted by atomic mass is 9.89. The first kappa shape index (κ1) is 24.6. The van der Waals surface area contributed by atoms with Crippen LogP contribution in [0.15, 0.2) is 52.5 Å². The van der Waals surface area contributed by atoms with E-state index in [1.54, 1.807) is 12.1 Å². The molecule has 10 heteroatoms. The van der Waals surface area contributed by atoms with E-state index in [2.05, 4.69) is 10.3 Å². The summed E-state index contributed by atoms with van der Waals surface area (Å²) in [6.07, 6.45) is 2.68. The van der Waals surface area contributed by atoms with Gasteiger partial charge in [-0.3, -0.25) is 4.79 Å². The second kappa shape index (κ2) is 10.7. The number of halogens is 3. The highest BCUT2D eigenvalue weighted by Crippen LogP contribution is 2.31. The summed E-state index contributed by atoms with van der Waals surface area (Å²) < 4.78 is 63.7. The van der Waals surface area contributed by atoms with Crippen LogP contribution in [0.2, 0.25) is 0 Å². The molecule has 1 saturated carbocycles. The zero-order valence-corrected chi connectivity index (χ0v) is 19.0. The molecule has 32 heavy (non-hydrogen) atoms. The quantitative estimate of drug-likeness (QED) is 0.533. The van der Waals surface area contributed by atoms with Crippen LogP contribution in [0.4, 0.5) is 13.2 Å². The molecule has 1 N–H and O–H groups in total. The van der Waals surface area contributed by atoms with Crippen LogP contribution in [0, 0.1) is 5.92 Å². The fraction of sp³-hybridized carbons (Fsp3) is 0.455. The SMILES string of the molecule is O=C(NCC1CCCCC1)c1cccnc1SCCS(=O)(=O)c1cccc(C(F)(F)F)c1. The summed E-state index contributed by atoms with van der Waals surface area (Å²) in [6, 6.07) is 6.98. The van der Waals surface area contributed by atoms with E-state index in [0.29, 0.717) is 29.1 Å². The Bertz CT molecular complexity index is 1040. The number of amides is 1. The Hall–Kier alpha value is -2.07. The van der Waals surface area contributed by atoms with E-state index in [4.69, 9.17) is 0 Å². The van der Waals surface area contributed by atoms with Crippen molar-refractivity contribution in [1.82, 2.24) is 10.3 Å². The number of pyridine rings is 1. The molecular formula is C22H25F3N2O3S2. The van der Waals surface area contributed by atoms with Gasteiger partial charge in [-0.2, -0.15) is 13.2 Å². The van der Waals surface area contributed by atoms with Gasteiger partial charge in [0.1, 0.15) is 5.03 Å². The molecule has 1 fully saturated rings. The molecule has 1 aliphatic rings. The third kappa shape index (κ3) is 6.71. The number of alkyl halides is 3. The standard InChI is InChI=1S/C22H25F3N2O3S2/c23-22(24,25)17-8-4-9-18(14-17)32(29,30)13-12-31-21-19(10-5-11-26-21)20(28)27-15-16-6-2-1-3-7-16/h4-5,8-11,14,16H,1-3,6-7,12-13,15H2,(H,27,28). The van der Waals surface area contributed by atoms with E-state index in [1.807, 2.05) is 0 Å². The van der Waals surface area contributed by atoms with E-state index in [1.165, 1.54) is 25.5 Å². The largest absolute Gasteiger partial charge is 0.416 e. The molecule has 1 heterocycles. The molecule has 0 radical (unpaired) electrons. The predicted molar refractivity (Wildman–Crippen MR) is 117 cm³/mol. The fourth-order valence-corrected chi connectivity index (χ4v) is 6.32. The molecule has 5 nitrogen and oxygen atoms in total. The lowest BCUT2D eigenvalue weighted by Gasteiger charge is -2.21. The van der Waals surface area contributed by atoms with Crippen LogP contribution in [0.3, 0.4) is 0 Å². The molecule has 3 rings (SSSR count). The number of carbonyl (C=O) groups excluding carboxylic acids is 1. The number of sulfone groups is 1. The van der Waals surface area contributed by atoms with Gasteiger partial charge in [-0.15, -0.1) is 11.8 Å². The number of rotatable bonds is 8. The lowest BCUT2D eigenvalue weighted by Crippen LogP contribution is -2.30. The minimum Gasteiger partial charge on any atom is -0.352 e. The van der Waals surface area contributed by atoms with E-state index < -0.39 is 21.6 Å². The lowest BCUT2D eigenvalue weighted by molar-refractivity contribution is -0.137. The molecule has 174 valence electrons. The maximum Gasteiger partial charge on any atom is 0.416 e. The number of hydrogen-bond acceptors (Lipinski definition) is 5. The Labute approximate surface area is 190 Å². The van der Waals surface area contributed by atoms with Crippen molar-refractivity contribution in [1.29, 1.82) is 0 Å². The second-order valence-corrected chi connectivity index (χ2v) is 11.0. The molecular weight excluding hydrogens is 461 g/mol. The van der Waals surface area contributed by atoms with Crippen molar-refractivity contribution in [3.63, 3.8) is 0 Å². The molecule has 0 spiro atoms. The van der Waals surface area contributed by atoms with Gasteiger partial charge in [0.05, 0.1) is 21.8 Å². The van der Waals surface area contributed by atoms with Crippen LogP contribution in [0.1, 0.15) is 48.0 Å². The van der Waals surface area contributed by atoms with Crippen LogP contribution in [-0.2, 0) is 16.0 Å². The molecule has 1 aromatic heterocycles. The highest BCUT2D eigenvalue weighted by atomic mass is 32.2. The summed E-state index contributed by atoms with van der Waals surface area (Å²) in [5, 5.41) is 3.34. The number of hydrogen-bond donors (Lipinski definition) is 1. The molecule has 0 aliphatic heterocycles. The fourth-order valence-electron chi connectivity index (χ4n) is 3.63. The number of aromatic nitrogens is 1.